The van der Waals surface area contributed by atoms with Crippen molar-refractivity contribution in [1.82, 2.24) is 5.32 Å². The number of methoxy groups -OCH3 is 1. The van der Waals surface area contributed by atoms with Crippen molar-refractivity contribution in [3.05, 3.63) is 24.3 Å². The van der Waals surface area contributed by atoms with E-state index in [0.29, 0.717) is 5.75 Å². The van der Waals surface area contributed by atoms with Crippen LogP contribution in [0.5, 0.6) is 5.75 Å². The Morgan fingerprint density at radius 2 is 2.00 bits per heavy atom. The van der Waals surface area contributed by atoms with Gasteiger partial charge in [-0.2, -0.15) is 0 Å². The maximum absolute atomic E-state index is 11.4. The number of halogens is 3. The lowest BCUT2D eigenvalue weighted by atomic mass is 10.3. The quantitative estimate of drug-likeness (QED) is 0.660. The van der Waals surface area contributed by atoms with E-state index in [1.54, 1.807) is 19.1 Å². The molecule has 20 heavy (non-hydrogen) atoms. The molecule has 0 radical (unpaired) electrons. The van der Waals surface area contributed by atoms with Crippen molar-refractivity contribution >= 4 is 46.6 Å². The van der Waals surface area contributed by atoms with Gasteiger partial charge < -0.3 is 19.7 Å². The van der Waals surface area contributed by atoms with Gasteiger partial charge in [0.1, 0.15) is 12.4 Å². The first-order valence-electron chi connectivity index (χ1n) is 5.65. The van der Waals surface area contributed by atoms with Crippen LogP contribution in [-0.4, -0.2) is 37.3 Å². The smallest absolute Gasteiger partial charge is 0.408 e. The van der Waals surface area contributed by atoms with Gasteiger partial charge in [0.2, 0.25) is 3.79 Å². The fourth-order valence-electron chi connectivity index (χ4n) is 1.41. The van der Waals surface area contributed by atoms with Crippen molar-refractivity contribution in [3.63, 3.8) is 0 Å². The Balaban J connectivity index is 2.47. The summed E-state index contributed by atoms with van der Waals surface area (Å²) in [5.41, 5.74) is 0.830. The molecule has 0 fully saturated rings. The summed E-state index contributed by atoms with van der Waals surface area (Å²) in [6.45, 7) is -0.0963. The lowest BCUT2D eigenvalue weighted by molar-refractivity contribution is 0.148. The van der Waals surface area contributed by atoms with Gasteiger partial charge in [0, 0.05) is 7.05 Å². The number of alkyl carbamates (subject to hydrolysis) is 1. The largest absolute Gasteiger partial charge is 0.495 e. The normalized spacial score (nSPS) is 10.8. The van der Waals surface area contributed by atoms with Gasteiger partial charge in [0.15, 0.2) is 0 Å². The first-order valence-corrected chi connectivity index (χ1v) is 6.78. The second-order valence-corrected chi connectivity index (χ2v) is 6.41. The minimum Gasteiger partial charge on any atom is -0.495 e. The van der Waals surface area contributed by atoms with Crippen LogP contribution < -0.4 is 15.0 Å². The van der Waals surface area contributed by atoms with Crippen LogP contribution in [0.3, 0.4) is 0 Å². The zero-order valence-corrected chi connectivity index (χ0v) is 13.3. The highest BCUT2D eigenvalue weighted by Gasteiger charge is 2.22. The van der Waals surface area contributed by atoms with E-state index in [9.17, 15) is 4.79 Å². The van der Waals surface area contributed by atoms with Gasteiger partial charge in [-0.3, -0.25) is 0 Å². The molecule has 0 heterocycles. The molecule has 1 aromatic carbocycles. The number of amides is 1. The molecule has 0 aliphatic heterocycles. The summed E-state index contributed by atoms with van der Waals surface area (Å²) in [7, 11) is 3.38. The maximum atomic E-state index is 11.4. The molecule has 5 nitrogen and oxygen atoms in total. The van der Waals surface area contributed by atoms with E-state index < -0.39 is 9.89 Å². The first-order chi connectivity index (χ1) is 9.33. The monoisotopic (exact) mass is 340 g/mol. The molecular weight excluding hydrogens is 327 g/mol. The Morgan fingerprint density at radius 3 is 2.60 bits per heavy atom. The summed E-state index contributed by atoms with van der Waals surface area (Å²) < 4.78 is 8.35. The van der Waals surface area contributed by atoms with E-state index in [0.717, 1.165) is 5.69 Å². The van der Waals surface area contributed by atoms with Gasteiger partial charge in [-0.1, -0.05) is 46.9 Å². The van der Waals surface area contributed by atoms with Crippen LogP contribution in [0.15, 0.2) is 24.3 Å². The highest BCUT2D eigenvalue weighted by molar-refractivity contribution is 6.67. The van der Waals surface area contributed by atoms with Crippen molar-refractivity contribution < 1.29 is 14.3 Å². The zero-order chi connectivity index (χ0) is 15.2. The average molecular weight is 342 g/mol. The molecule has 0 bridgehead atoms. The van der Waals surface area contributed by atoms with Gasteiger partial charge in [-0.15, -0.1) is 0 Å². The predicted molar refractivity (Wildman–Crippen MR) is 81.0 cm³/mol. The number of rotatable bonds is 5. The van der Waals surface area contributed by atoms with Crippen LogP contribution in [-0.2, 0) is 4.74 Å². The summed E-state index contributed by atoms with van der Waals surface area (Å²) in [6.07, 6.45) is -0.668. The summed E-state index contributed by atoms with van der Waals surface area (Å²) in [5, 5.41) is 2.54. The summed E-state index contributed by atoms with van der Waals surface area (Å²) >= 11 is 16.4. The number of carbonyl (C=O) groups excluding carboxylic acids is 1. The lowest BCUT2D eigenvalue weighted by Gasteiger charge is -2.22. The molecule has 1 aromatic rings. The molecule has 0 saturated carbocycles. The highest BCUT2D eigenvalue weighted by Crippen LogP contribution is 2.26. The van der Waals surface area contributed by atoms with E-state index >= 15 is 0 Å². The van der Waals surface area contributed by atoms with Crippen molar-refractivity contribution in [2.24, 2.45) is 0 Å². The second-order valence-electron chi connectivity index (χ2n) is 3.90. The van der Waals surface area contributed by atoms with Crippen molar-refractivity contribution in [3.8, 4) is 5.75 Å². The van der Waals surface area contributed by atoms with E-state index in [4.69, 9.17) is 44.3 Å². The first kappa shape index (κ1) is 17.0. The molecular formula is C12H15Cl3N2O3. The molecule has 0 aromatic heterocycles. The van der Waals surface area contributed by atoms with Crippen molar-refractivity contribution in [2.45, 2.75) is 3.79 Å². The fourth-order valence-corrected chi connectivity index (χ4v) is 1.58. The van der Waals surface area contributed by atoms with Crippen molar-refractivity contribution in [2.75, 3.05) is 32.3 Å². The molecule has 112 valence electrons. The van der Waals surface area contributed by atoms with Crippen LogP contribution in [0, 0.1) is 0 Å². The number of para-hydroxylation sites is 2. The van der Waals surface area contributed by atoms with Crippen LogP contribution in [0.4, 0.5) is 10.5 Å². The molecule has 1 rings (SSSR count). The van der Waals surface area contributed by atoms with Gasteiger partial charge in [0.25, 0.3) is 0 Å². The standard InChI is InChI=1S/C12H15Cl3N2O3/c1-17(9-5-3-4-6-10(9)19-2)8-16-11(18)20-7-12(13,14)15/h3-6H,7-8H2,1-2H3,(H,16,18). The minimum absolute atomic E-state index is 0.221. The fraction of sp³-hybridized carbons (Fsp3) is 0.417. The van der Waals surface area contributed by atoms with Gasteiger partial charge in [-0.05, 0) is 12.1 Å². The number of nitrogens with zero attached hydrogens (tertiary/aromatic N) is 1. The Labute approximate surface area is 132 Å². The predicted octanol–water partition coefficient (Wildman–Crippen LogP) is 3.19. The van der Waals surface area contributed by atoms with E-state index in [1.807, 2.05) is 24.3 Å². The van der Waals surface area contributed by atoms with Crippen molar-refractivity contribution in [1.29, 1.82) is 0 Å². The third-order valence-corrected chi connectivity index (χ3v) is 2.65. The SMILES string of the molecule is COc1ccccc1N(C)CNC(=O)OCC(Cl)(Cl)Cl. The van der Waals surface area contributed by atoms with E-state index in [1.165, 1.54) is 0 Å². The Bertz CT molecular complexity index is 452. The minimum atomic E-state index is -1.62. The maximum Gasteiger partial charge on any atom is 0.408 e. The second kappa shape index (κ2) is 7.67. The Hall–Kier alpha value is -1.04. The number of hydrogen-bond acceptors (Lipinski definition) is 4. The van der Waals surface area contributed by atoms with Gasteiger partial charge in [-0.25, -0.2) is 4.79 Å². The number of anilines is 1. The summed E-state index contributed by atoms with van der Waals surface area (Å²) in [5.74, 6) is 0.700. The van der Waals surface area contributed by atoms with E-state index in [-0.39, 0.29) is 13.3 Å². The number of nitrogens with one attached hydrogen (secondary N) is 1. The van der Waals surface area contributed by atoms with Gasteiger partial charge >= 0.3 is 6.09 Å². The Morgan fingerprint density at radius 1 is 1.35 bits per heavy atom. The summed E-state index contributed by atoms with van der Waals surface area (Å²) in [6, 6.07) is 7.43. The molecule has 0 aliphatic rings. The highest BCUT2D eigenvalue weighted by atomic mass is 35.6. The summed E-state index contributed by atoms with van der Waals surface area (Å²) in [4.78, 5) is 13.2. The number of alkyl halides is 3. The average Bonchev–Trinajstić information content (AvgIpc) is 2.41. The third-order valence-electron chi connectivity index (χ3n) is 2.32. The number of hydrogen-bond donors (Lipinski definition) is 1. The van der Waals surface area contributed by atoms with Crippen LogP contribution >= 0.6 is 34.8 Å². The van der Waals surface area contributed by atoms with E-state index in [2.05, 4.69) is 5.32 Å². The molecule has 1 amide bonds. The number of ether oxygens (including phenoxy) is 2. The van der Waals surface area contributed by atoms with Crippen LogP contribution in [0.25, 0.3) is 0 Å². The molecule has 0 aliphatic carbocycles. The van der Waals surface area contributed by atoms with Crippen LogP contribution in [0.1, 0.15) is 0 Å². The van der Waals surface area contributed by atoms with Crippen LogP contribution in [0.2, 0.25) is 0 Å². The molecule has 8 heteroatoms. The Kier molecular flexibility index (Phi) is 6.52. The lowest BCUT2D eigenvalue weighted by Crippen LogP contribution is -2.36. The molecule has 0 saturated heterocycles. The number of carbonyl (C=O) groups is 1. The third kappa shape index (κ3) is 5.94. The van der Waals surface area contributed by atoms with Gasteiger partial charge in [0.05, 0.1) is 19.5 Å². The topological polar surface area (TPSA) is 50.8 Å². The molecule has 0 atom stereocenters. The molecule has 0 spiro atoms. The number of benzene rings is 1. The zero-order valence-electron chi connectivity index (χ0n) is 11.0. The molecule has 0 unspecified atom stereocenters. The molecule has 1 N–H and O–H groups in total.